The van der Waals surface area contributed by atoms with Gasteiger partial charge in [0.1, 0.15) is 0 Å². The molecule has 0 aromatic carbocycles. The first-order valence-corrected chi connectivity index (χ1v) is 10.2. The van der Waals surface area contributed by atoms with Crippen LogP contribution in [0.3, 0.4) is 0 Å². The Labute approximate surface area is 144 Å². The Morgan fingerprint density at radius 2 is 1.35 bits per heavy atom. The van der Waals surface area contributed by atoms with Gasteiger partial charge in [-0.2, -0.15) is 0 Å². The fourth-order valence-electron chi connectivity index (χ4n) is 4.42. The minimum Gasteiger partial charge on any atom is -0.301 e. The van der Waals surface area contributed by atoms with Crippen molar-refractivity contribution in [3.8, 4) is 0 Å². The molecular formula is C19H40N4. The van der Waals surface area contributed by atoms with E-state index in [0.717, 1.165) is 31.0 Å². The standard InChI is InChI=1S/C17H34N4.C2H6/c1-15-2-4-17(5-3-15)20-12-10-19(11-13-20)14-16-6-8-21(18)9-7-16;1-2/h15-17H,2-14,18H2,1H3;1-2H3. The highest BCUT2D eigenvalue weighted by Gasteiger charge is 2.28. The van der Waals surface area contributed by atoms with Crippen LogP contribution >= 0.6 is 0 Å². The van der Waals surface area contributed by atoms with E-state index in [1.165, 1.54) is 71.2 Å². The summed E-state index contributed by atoms with van der Waals surface area (Å²) in [5, 5.41) is 1.98. The van der Waals surface area contributed by atoms with Crippen LogP contribution in [0.15, 0.2) is 0 Å². The maximum absolute atomic E-state index is 5.85. The van der Waals surface area contributed by atoms with E-state index in [9.17, 15) is 0 Å². The molecule has 0 bridgehead atoms. The zero-order valence-electron chi connectivity index (χ0n) is 15.8. The largest absolute Gasteiger partial charge is 0.301 e. The molecule has 1 aliphatic carbocycles. The predicted molar refractivity (Wildman–Crippen MR) is 99.3 cm³/mol. The number of hydrogen-bond donors (Lipinski definition) is 1. The molecule has 0 spiro atoms. The van der Waals surface area contributed by atoms with E-state index in [1.807, 2.05) is 18.9 Å². The topological polar surface area (TPSA) is 35.7 Å². The normalized spacial score (nSPS) is 32.3. The molecule has 1 saturated carbocycles. The summed E-state index contributed by atoms with van der Waals surface area (Å²) in [6, 6.07) is 0.892. The second-order valence-corrected chi connectivity index (χ2v) is 7.73. The molecule has 23 heavy (non-hydrogen) atoms. The van der Waals surface area contributed by atoms with Gasteiger partial charge in [-0.3, -0.25) is 10.7 Å². The zero-order valence-corrected chi connectivity index (χ0v) is 15.8. The molecule has 3 rings (SSSR count). The van der Waals surface area contributed by atoms with Crippen molar-refractivity contribution in [3.63, 3.8) is 0 Å². The molecule has 3 aliphatic rings. The lowest BCUT2D eigenvalue weighted by molar-refractivity contribution is 0.0566. The van der Waals surface area contributed by atoms with Crippen LogP contribution in [-0.4, -0.2) is 66.7 Å². The van der Waals surface area contributed by atoms with Crippen LogP contribution in [0.2, 0.25) is 0 Å². The van der Waals surface area contributed by atoms with E-state index >= 15 is 0 Å². The lowest BCUT2D eigenvalue weighted by Gasteiger charge is -2.43. The molecule has 2 heterocycles. The molecule has 0 radical (unpaired) electrons. The van der Waals surface area contributed by atoms with Crippen LogP contribution in [-0.2, 0) is 0 Å². The first-order valence-electron chi connectivity index (χ1n) is 10.2. The van der Waals surface area contributed by atoms with Gasteiger partial charge in [-0.15, -0.1) is 0 Å². The SMILES string of the molecule is CC.CC1CCC(N2CCN(CC3CCN(N)CC3)CC2)CC1. The molecule has 2 N–H and O–H groups in total. The van der Waals surface area contributed by atoms with Crippen molar-refractivity contribution in [2.45, 2.75) is 65.3 Å². The van der Waals surface area contributed by atoms with E-state index in [4.69, 9.17) is 5.84 Å². The fourth-order valence-corrected chi connectivity index (χ4v) is 4.42. The summed E-state index contributed by atoms with van der Waals surface area (Å²) in [7, 11) is 0. The molecule has 0 aromatic heterocycles. The molecule has 3 fully saturated rings. The van der Waals surface area contributed by atoms with Crippen molar-refractivity contribution in [3.05, 3.63) is 0 Å². The van der Waals surface area contributed by atoms with E-state index in [1.54, 1.807) is 0 Å². The number of nitrogens with two attached hydrogens (primary N) is 1. The Morgan fingerprint density at radius 3 is 1.91 bits per heavy atom. The summed E-state index contributed by atoms with van der Waals surface area (Å²) in [5.74, 6) is 7.70. The number of rotatable bonds is 3. The van der Waals surface area contributed by atoms with E-state index in [0.29, 0.717) is 0 Å². The van der Waals surface area contributed by atoms with Gasteiger partial charge in [0.2, 0.25) is 0 Å². The summed E-state index contributed by atoms with van der Waals surface area (Å²) < 4.78 is 0. The molecule has 136 valence electrons. The predicted octanol–water partition coefficient (Wildman–Crippen LogP) is 2.79. The van der Waals surface area contributed by atoms with Crippen LogP contribution in [0.4, 0.5) is 0 Å². The van der Waals surface area contributed by atoms with Gasteiger partial charge < -0.3 is 4.90 Å². The average molecular weight is 325 g/mol. The summed E-state index contributed by atoms with van der Waals surface area (Å²) >= 11 is 0. The summed E-state index contributed by atoms with van der Waals surface area (Å²) in [6.07, 6.45) is 8.35. The van der Waals surface area contributed by atoms with E-state index in [-0.39, 0.29) is 0 Å². The molecule has 0 atom stereocenters. The molecular weight excluding hydrogens is 284 g/mol. The monoisotopic (exact) mass is 324 g/mol. The smallest absolute Gasteiger partial charge is 0.0131 e. The van der Waals surface area contributed by atoms with Crippen molar-refractivity contribution in [2.24, 2.45) is 17.7 Å². The van der Waals surface area contributed by atoms with E-state index in [2.05, 4.69) is 16.7 Å². The first-order chi connectivity index (χ1) is 11.2. The Bertz CT molecular complexity index is 298. The molecule has 4 nitrogen and oxygen atoms in total. The molecule has 4 heteroatoms. The van der Waals surface area contributed by atoms with Gasteiger partial charge in [0.15, 0.2) is 0 Å². The molecule has 2 aliphatic heterocycles. The highest BCUT2D eigenvalue weighted by atomic mass is 15.4. The third kappa shape index (κ3) is 6.00. The molecule has 0 amide bonds. The summed E-state index contributed by atoms with van der Waals surface area (Å²) in [4.78, 5) is 5.49. The first kappa shape index (κ1) is 19.2. The maximum atomic E-state index is 5.85. The molecule has 0 unspecified atom stereocenters. The van der Waals surface area contributed by atoms with Crippen molar-refractivity contribution in [2.75, 3.05) is 45.8 Å². The van der Waals surface area contributed by atoms with Gasteiger partial charge in [0.05, 0.1) is 0 Å². The highest BCUT2D eigenvalue weighted by molar-refractivity contribution is 4.83. The van der Waals surface area contributed by atoms with E-state index < -0.39 is 0 Å². The number of piperazine rings is 1. The lowest BCUT2D eigenvalue weighted by Crippen LogP contribution is -2.52. The Morgan fingerprint density at radius 1 is 0.783 bits per heavy atom. The lowest BCUT2D eigenvalue weighted by atomic mass is 9.86. The van der Waals surface area contributed by atoms with Gasteiger partial charge in [-0.25, -0.2) is 5.01 Å². The Hall–Kier alpha value is -0.160. The van der Waals surface area contributed by atoms with Gasteiger partial charge in [-0.05, 0) is 50.4 Å². The Balaban J connectivity index is 0.000000924. The highest BCUT2D eigenvalue weighted by Crippen LogP contribution is 2.28. The van der Waals surface area contributed by atoms with Crippen LogP contribution in [0.25, 0.3) is 0 Å². The number of piperidine rings is 1. The third-order valence-corrected chi connectivity index (χ3v) is 6.07. The van der Waals surface area contributed by atoms with Gasteiger partial charge in [-0.1, -0.05) is 20.8 Å². The number of hydrogen-bond acceptors (Lipinski definition) is 4. The second-order valence-electron chi connectivity index (χ2n) is 7.73. The third-order valence-electron chi connectivity index (χ3n) is 6.07. The fraction of sp³-hybridized carbons (Fsp3) is 1.00. The van der Waals surface area contributed by atoms with Crippen molar-refractivity contribution in [1.29, 1.82) is 0 Å². The van der Waals surface area contributed by atoms with Crippen molar-refractivity contribution >= 4 is 0 Å². The Kier molecular flexibility index (Phi) is 8.31. The van der Waals surface area contributed by atoms with Crippen molar-refractivity contribution in [1.82, 2.24) is 14.8 Å². The summed E-state index contributed by atoms with van der Waals surface area (Å²) in [6.45, 7) is 15.1. The minimum absolute atomic E-state index is 0.881. The zero-order chi connectivity index (χ0) is 16.7. The van der Waals surface area contributed by atoms with Crippen molar-refractivity contribution < 1.29 is 0 Å². The quantitative estimate of drug-likeness (QED) is 0.810. The van der Waals surface area contributed by atoms with Gasteiger partial charge >= 0.3 is 0 Å². The number of nitrogens with zero attached hydrogens (tertiary/aromatic N) is 3. The average Bonchev–Trinajstić information content (AvgIpc) is 2.60. The van der Waals surface area contributed by atoms with Crippen LogP contribution < -0.4 is 5.84 Å². The van der Waals surface area contributed by atoms with Crippen LogP contribution in [0.1, 0.15) is 59.3 Å². The van der Waals surface area contributed by atoms with Gasteiger partial charge in [0, 0.05) is 51.9 Å². The number of hydrazine groups is 1. The van der Waals surface area contributed by atoms with Crippen LogP contribution in [0, 0.1) is 11.8 Å². The van der Waals surface area contributed by atoms with Crippen LogP contribution in [0.5, 0.6) is 0 Å². The molecule has 2 saturated heterocycles. The van der Waals surface area contributed by atoms with Gasteiger partial charge in [0.25, 0.3) is 0 Å². The summed E-state index contributed by atoms with van der Waals surface area (Å²) in [5.41, 5.74) is 0. The molecule has 0 aromatic rings. The maximum Gasteiger partial charge on any atom is 0.0131 e. The second kappa shape index (κ2) is 9.97. The minimum atomic E-state index is 0.881.